The Hall–Kier alpha value is -2.71. The lowest BCUT2D eigenvalue weighted by Crippen LogP contribution is -2.27. The van der Waals surface area contributed by atoms with E-state index in [0.717, 1.165) is 12.8 Å². The fraction of sp³-hybridized carbons (Fsp3) is 0.300. The van der Waals surface area contributed by atoms with E-state index < -0.39 is 22.0 Å². The molecule has 0 saturated carbocycles. The van der Waals surface area contributed by atoms with Gasteiger partial charge in [0.25, 0.3) is 0 Å². The maximum absolute atomic E-state index is 12.5. The smallest absolute Gasteiger partial charge is 0.338 e. The molecule has 0 N–H and O–H groups in total. The number of methoxy groups -OCH3 is 1. The molecule has 1 aliphatic heterocycles. The molecule has 0 spiro atoms. The standard InChI is InChI=1S/C20H21NO6S/c1-26-19(22)16-6-4-15(5-7-16)14-27-20(23)17-8-10-18(11-9-17)28(24,25)21-12-2-3-13-21/h4-11H,2-3,12-14H2,1H3. The average molecular weight is 403 g/mol. The highest BCUT2D eigenvalue weighted by Crippen LogP contribution is 2.21. The molecular formula is C20H21NO6S. The van der Waals surface area contributed by atoms with Crippen molar-refractivity contribution in [2.45, 2.75) is 24.3 Å². The third kappa shape index (κ3) is 4.40. The number of carbonyl (C=O) groups is 2. The van der Waals surface area contributed by atoms with Crippen LogP contribution in [-0.4, -0.2) is 44.9 Å². The molecule has 0 radical (unpaired) electrons. The van der Waals surface area contributed by atoms with Crippen molar-refractivity contribution in [1.29, 1.82) is 0 Å². The Morgan fingerprint density at radius 1 is 0.893 bits per heavy atom. The lowest BCUT2D eigenvalue weighted by atomic mass is 10.1. The van der Waals surface area contributed by atoms with E-state index in [9.17, 15) is 18.0 Å². The van der Waals surface area contributed by atoms with Crippen LogP contribution in [0.25, 0.3) is 0 Å². The molecule has 0 aliphatic carbocycles. The fourth-order valence-corrected chi connectivity index (χ4v) is 4.44. The van der Waals surface area contributed by atoms with Gasteiger partial charge in [0.1, 0.15) is 6.61 Å². The summed E-state index contributed by atoms with van der Waals surface area (Å²) >= 11 is 0. The molecule has 0 aromatic heterocycles. The highest BCUT2D eigenvalue weighted by atomic mass is 32.2. The molecule has 8 heteroatoms. The number of carbonyl (C=O) groups excluding carboxylic acids is 2. The Kier molecular flexibility index (Phi) is 6.11. The van der Waals surface area contributed by atoms with E-state index in [1.165, 1.54) is 35.7 Å². The summed E-state index contributed by atoms with van der Waals surface area (Å²) in [7, 11) is -2.20. The minimum absolute atomic E-state index is 0.0358. The van der Waals surface area contributed by atoms with Gasteiger partial charge < -0.3 is 9.47 Å². The third-order valence-electron chi connectivity index (χ3n) is 4.54. The Bertz CT molecular complexity index is 945. The zero-order valence-electron chi connectivity index (χ0n) is 15.5. The van der Waals surface area contributed by atoms with E-state index in [-0.39, 0.29) is 17.1 Å². The van der Waals surface area contributed by atoms with Crippen LogP contribution >= 0.6 is 0 Å². The van der Waals surface area contributed by atoms with Crippen LogP contribution in [0.3, 0.4) is 0 Å². The predicted octanol–water partition coefficient (Wildman–Crippen LogP) is 2.61. The third-order valence-corrected chi connectivity index (χ3v) is 6.45. The summed E-state index contributed by atoms with van der Waals surface area (Å²) in [4.78, 5) is 23.8. The van der Waals surface area contributed by atoms with Gasteiger partial charge in [-0.25, -0.2) is 18.0 Å². The second-order valence-electron chi connectivity index (χ2n) is 6.40. The highest BCUT2D eigenvalue weighted by Gasteiger charge is 2.27. The van der Waals surface area contributed by atoms with Gasteiger partial charge in [0.15, 0.2) is 0 Å². The Morgan fingerprint density at radius 2 is 1.43 bits per heavy atom. The molecule has 0 amide bonds. The van der Waals surface area contributed by atoms with Crippen LogP contribution in [0, 0.1) is 0 Å². The molecule has 2 aromatic rings. The molecule has 1 saturated heterocycles. The molecule has 148 valence electrons. The quantitative estimate of drug-likeness (QED) is 0.689. The number of benzene rings is 2. The van der Waals surface area contributed by atoms with Gasteiger partial charge in [-0.15, -0.1) is 0 Å². The Morgan fingerprint density at radius 3 is 2.00 bits per heavy atom. The van der Waals surface area contributed by atoms with E-state index in [2.05, 4.69) is 4.74 Å². The van der Waals surface area contributed by atoms with E-state index in [0.29, 0.717) is 24.2 Å². The van der Waals surface area contributed by atoms with Crippen LogP contribution < -0.4 is 0 Å². The Balaban J connectivity index is 1.61. The molecular weight excluding hydrogens is 382 g/mol. The number of sulfonamides is 1. The maximum atomic E-state index is 12.5. The van der Waals surface area contributed by atoms with Crippen molar-refractivity contribution < 1.29 is 27.5 Å². The van der Waals surface area contributed by atoms with Gasteiger partial charge in [0.2, 0.25) is 10.0 Å². The van der Waals surface area contributed by atoms with Crippen LogP contribution in [-0.2, 0) is 26.1 Å². The summed E-state index contributed by atoms with van der Waals surface area (Å²) in [6.45, 7) is 1.09. The van der Waals surface area contributed by atoms with Gasteiger partial charge in [-0.2, -0.15) is 4.31 Å². The second kappa shape index (κ2) is 8.53. The van der Waals surface area contributed by atoms with Gasteiger partial charge in [-0.3, -0.25) is 0 Å². The van der Waals surface area contributed by atoms with Crippen LogP contribution in [0.4, 0.5) is 0 Å². The van der Waals surface area contributed by atoms with E-state index in [1.54, 1.807) is 24.3 Å². The summed E-state index contributed by atoms with van der Waals surface area (Å²) in [5.41, 5.74) is 1.40. The summed E-state index contributed by atoms with van der Waals surface area (Å²) in [6.07, 6.45) is 1.73. The SMILES string of the molecule is COC(=O)c1ccc(COC(=O)c2ccc(S(=O)(=O)N3CCCC3)cc2)cc1. The molecule has 28 heavy (non-hydrogen) atoms. The highest BCUT2D eigenvalue weighted by molar-refractivity contribution is 7.89. The lowest BCUT2D eigenvalue weighted by Gasteiger charge is -2.15. The van der Waals surface area contributed by atoms with Crippen LogP contribution in [0.2, 0.25) is 0 Å². The first-order valence-corrected chi connectivity index (χ1v) is 10.3. The minimum atomic E-state index is -3.51. The first-order chi connectivity index (χ1) is 13.4. The van der Waals surface area contributed by atoms with Crippen molar-refractivity contribution in [2.24, 2.45) is 0 Å². The zero-order valence-corrected chi connectivity index (χ0v) is 16.3. The van der Waals surface area contributed by atoms with Crippen LogP contribution in [0.5, 0.6) is 0 Å². The predicted molar refractivity (Wildman–Crippen MR) is 101 cm³/mol. The molecule has 3 rings (SSSR count). The summed E-state index contributed by atoms with van der Waals surface area (Å²) in [6, 6.07) is 12.3. The largest absolute Gasteiger partial charge is 0.465 e. The second-order valence-corrected chi connectivity index (χ2v) is 8.34. The molecule has 0 unspecified atom stereocenters. The Labute approximate surface area is 163 Å². The monoisotopic (exact) mass is 403 g/mol. The minimum Gasteiger partial charge on any atom is -0.465 e. The van der Waals surface area contributed by atoms with Gasteiger partial charge in [-0.1, -0.05) is 12.1 Å². The van der Waals surface area contributed by atoms with E-state index >= 15 is 0 Å². The van der Waals surface area contributed by atoms with E-state index in [4.69, 9.17) is 4.74 Å². The number of hydrogen-bond acceptors (Lipinski definition) is 6. The summed E-state index contributed by atoms with van der Waals surface area (Å²) in [5.74, 6) is -0.991. The lowest BCUT2D eigenvalue weighted by molar-refractivity contribution is 0.0471. The van der Waals surface area contributed by atoms with Crippen molar-refractivity contribution in [3.8, 4) is 0 Å². The maximum Gasteiger partial charge on any atom is 0.338 e. The number of ether oxygens (including phenoxy) is 2. The van der Waals surface area contributed by atoms with Gasteiger partial charge >= 0.3 is 11.9 Å². The van der Waals surface area contributed by atoms with Crippen molar-refractivity contribution >= 4 is 22.0 Å². The number of esters is 2. The number of nitrogens with zero attached hydrogens (tertiary/aromatic N) is 1. The van der Waals surface area contributed by atoms with Crippen molar-refractivity contribution in [3.05, 3.63) is 65.2 Å². The molecule has 2 aromatic carbocycles. The van der Waals surface area contributed by atoms with Crippen molar-refractivity contribution in [2.75, 3.05) is 20.2 Å². The molecule has 7 nitrogen and oxygen atoms in total. The van der Waals surface area contributed by atoms with Gasteiger partial charge in [-0.05, 0) is 54.8 Å². The summed E-state index contributed by atoms with van der Waals surface area (Å²) < 4.78 is 36.3. The molecule has 1 fully saturated rings. The normalized spacial score (nSPS) is 14.6. The fourth-order valence-electron chi connectivity index (χ4n) is 2.93. The van der Waals surface area contributed by atoms with Crippen molar-refractivity contribution in [1.82, 2.24) is 4.31 Å². The van der Waals surface area contributed by atoms with Gasteiger partial charge in [0.05, 0.1) is 23.1 Å². The zero-order chi connectivity index (χ0) is 20.1. The molecule has 1 heterocycles. The molecule has 0 bridgehead atoms. The van der Waals surface area contributed by atoms with Crippen LogP contribution in [0.15, 0.2) is 53.4 Å². The summed E-state index contributed by atoms with van der Waals surface area (Å²) in [5, 5.41) is 0. The van der Waals surface area contributed by atoms with Crippen LogP contribution in [0.1, 0.15) is 39.1 Å². The molecule has 1 aliphatic rings. The number of rotatable bonds is 6. The van der Waals surface area contributed by atoms with E-state index in [1.807, 2.05) is 0 Å². The van der Waals surface area contributed by atoms with Crippen molar-refractivity contribution in [3.63, 3.8) is 0 Å². The average Bonchev–Trinajstić information content (AvgIpc) is 3.28. The molecule has 0 atom stereocenters. The van der Waals surface area contributed by atoms with Gasteiger partial charge in [0, 0.05) is 13.1 Å². The first-order valence-electron chi connectivity index (χ1n) is 8.86. The first kappa shape index (κ1) is 20.0. The topological polar surface area (TPSA) is 90.0 Å². The number of hydrogen-bond donors (Lipinski definition) is 0.